The van der Waals surface area contributed by atoms with Crippen LogP contribution >= 0.6 is 46.6 Å². The van der Waals surface area contributed by atoms with Gasteiger partial charge in [0.25, 0.3) is 0 Å². The molecule has 1 saturated heterocycles. The Hall–Kier alpha value is -1.87. The third-order valence-corrected chi connectivity index (χ3v) is 6.37. The van der Waals surface area contributed by atoms with Crippen molar-refractivity contribution in [1.29, 1.82) is 0 Å². The minimum atomic E-state index is -0.263. The number of halogens is 3. The number of benzene rings is 1. The van der Waals surface area contributed by atoms with Gasteiger partial charge < -0.3 is 14.6 Å². The van der Waals surface area contributed by atoms with Crippen molar-refractivity contribution < 1.29 is 9.21 Å². The molecule has 0 saturated carbocycles. The van der Waals surface area contributed by atoms with E-state index in [0.717, 1.165) is 37.6 Å². The standard InChI is InChI=1S/C19H18Cl3N5O2S/c20-12-8-14(21)17(15(22)9-12)23-16(28)11-30-19-25-24-18(26-5-1-2-6-26)27(19)10-13-4-3-7-29-13/h3-4,7-9H,1-2,5-6,10-11H2,(H,23,28). The Bertz CT molecular complexity index is 1010. The average Bonchev–Trinajstić information content (AvgIpc) is 3.45. The topological polar surface area (TPSA) is 76.2 Å². The van der Waals surface area contributed by atoms with Gasteiger partial charge in [0.2, 0.25) is 11.9 Å². The number of carbonyl (C=O) groups excluding carboxylic acids is 1. The van der Waals surface area contributed by atoms with Crippen LogP contribution in [0.4, 0.5) is 11.6 Å². The molecule has 0 unspecified atom stereocenters. The number of carbonyl (C=O) groups is 1. The quantitative estimate of drug-likeness (QED) is 0.462. The average molecular weight is 487 g/mol. The normalized spacial score (nSPS) is 13.8. The number of furan rings is 1. The molecule has 1 aromatic carbocycles. The van der Waals surface area contributed by atoms with E-state index < -0.39 is 0 Å². The highest BCUT2D eigenvalue weighted by atomic mass is 35.5. The Morgan fingerprint density at radius 2 is 1.90 bits per heavy atom. The summed E-state index contributed by atoms with van der Waals surface area (Å²) in [6, 6.07) is 6.80. The molecule has 4 rings (SSSR count). The van der Waals surface area contributed by atoms with Crippen LogP contribution in [0.2, 0.25) is 15.1 Å². The smallest absolute Gasteiger partial charge is 0.234 e. The van der Waals surface area contributed by atoms with Crippen LogP contribution in [0, 0.1) is 0 Å². The fourth-order valence-corrected chi connectivity index (χ4v) is 4.85. The van der Waals surface area contributed by atoms with Crippen LogP contribution in [0.25, 0.3) is 0 Å². The van der Waals surface area contributed by atoms with E-state index in [1.54, 1.807) is 6.26 Å². The molecule has 3 aromatic rings. The van der Waals surface area contributed by atoms with Crippen LogP contribution in [-0.2, 0) is 11.3 Å². The van der Waals surface area contributed by atoms with Gasteiger partial charge in [-0.15, -0.1) is 10.2 Å². The van der Waals surface area contributed by atoms with Crippen LogP contribution in [0.1, 0.15) is 18.6 Å². The molecule has 1 N–H and O–H groups in total. The summed E-state index contributed by atoms with van der Waals surface area (Å²) >= 11 is 19.5. The maximum atomic E-state index is 12.5. The summed E-state index contributed by atoms with van der Waals surface area (Å²) in [5, 5.41) is 13.0. The molecule has 2 aromatic heterocycles. The summed E-state index contributed by atoms with van der Waals surface area (Å²) in [7, 11) is 0. The molecule has 0 bridgehead atoms. The summed E-state index contributed by atoms with van der Waals surface area (Å²) < 4.78 is 7.47. The number of aromatic nitrogens is 3. The number of nitrogens with zero attached hydrogens (tertiary/aromatic N) is 4. The van der Waals surface area contributed by atoms with E-state index in [9.17, 15) is 4.79 Å². The van der Waals surface area contributed by atoms with Crippen molar-refractivity contribution in [2.45, 2.75) is 24.5 Å². The summed E-state index contributed by atoms with van der Waals surface area (Å²) in [5.74, 6) is 1.43. The van der Waals surface area contributed by atoms with Crippen LogP contribution in [0.5, 0.6) is 0 Å². The summed E-state index contributed by atoms with van der Waals surface area (Å²) in [6.07, 6.45) is 3.89. The van der Waals surface area contributed by atoms with Gasteiger partial charge in [0.1, 0.15) is 5.76 Å². The predicted molar refractivity (Wildman–Crippen MR) is 120 cm³/mol. The predicted octanol–water partition coefficient (Wildman–Crippen LogP) is 5.21. The third-order valence-electron chi connectivity index (χ3n) is 4.58. The molecule has 1 aliphatic heterocycles. The number of anilines is 2. The van der Waals surface area contributed by atoms with E-state index in [1.165, 1.54) is 23.9 Å². The third kappa shape index (κ3) is 4.88. The fourth-order valence-electron chi connectivity index (χ4n) is 3.20. The SMILES string of the molecule is O=C(CSc1nnc(N2CCCC2)n1Cc1ccco1)Nc1c(Cl)cc(Cl)cc1Cl. The van der Waals surface area contributed by atoms with E-state index in [2.05, 4.69) is 20.4 Å². The maximum Gasteiger partial charge on any atom is 0.234 e. The Labute approximate surface area is 192 Å². The molecule has 11 heteroatoms. The van der Waals surface area contributed by atoms with Crippen molar-refractivity contribution in [3.8, 4) is 0 Å². The zero-order chi connectivity index (χ0) is 21.1. The lowest BCUT2D eigenvalue weighted by Gasteiger charge is -2.17. The highest BCUT2D eigenvalue weighted by molar-refractivity contribution is 7.99. The highest BCUT2D eigenvalue weighted by Gasteiger charge is 2.23. The zero-order valence-electron chi connectivity index (χ0n) is 15.8. The maximum absolute atomic E-state index is 12.5. The van der Waals surface area contributed by atoms with E-state index in [1.807, 2.05) is 16.7 Å². The first-order valence-electron chi connectivity index (χ1n) is 9.29. The zero-order valence-corrected chi connectivity index (χ0v) is 18.9. The number of hydrogen-bond donors (Lipinski definition) is 1. The Morgan fingerprint density at radius 1 is 1.17 bits per heavy atom. The van der Waals surface area contributed by atoms with Crippen molar-refractivity contribution in [3.05, 3.63) is 51.4 Å². The first-order chi connectivity index (χ1) is 14.5. The molecule has 0 spiro atoms. The first kappa shape index (κ1) is 21.4. The number of thioether (sulfide) groups is 1. The molecular weight excluding hydrogens is 469 g/mol. The molecule has 7 nitrogen and oxygen atoms in total. The molecular formula is C19H18Cl3N5O2S. The van der Waals surface area contributed by atoms with Gasteiger partial charge in [0.15, 0.2) is 5.16 Å². The van der Waals surface area contributed by atoms with E-state index >= 15 is 0 Å². The molecule has 1 amide bonds. The van der Waals surface area contributed by atoms with Gasteiger partial charge in [-0.3, -0.25) is 9.36 Å². The number of hydrogen-bond acceptors (Lipinski definition) is 6. The van der Waals surface area contributed by atoms with E-state index in [-0.39, 0.29) is 21.7 Å². The Morgan fingerprint density at radius 3 is 2.57 bits per heavy atom. The summed E-state index contributed by atoms with van der Waals surface area (Å²) in [5.41, 5.74) is 0.336. The molecule has 1 aliphatic rings. The summed E-state index contributed by atoms with van der Waals surface area (Å²) in [4.78, 5) is 14.7. The molecule has 3 heterocycles. The van der Waals surface area contributed by atoms with Crippen LogP contribution in [-0.4, -0.2) is 39.5 Å². The van der Waals surface area contributed by atoms with Crippen molar-refractivity contribution in [2.75, 3.05) is 29.1 Å². The second-order valence-corrected chi connectivity index (χ2v) is 8.92. The number of amides is 1. The first-order valence-corrected chi connectivity index (χ1v) is 11.4. The number of rotatable bonds is 7. The fraction of sp³-hybridized carbons (Fsp3) is 0.316. The largest absolute Gasteiger partial charge is 0.467 e. The highest BCUT2D eigenvalue weighted by Crippen LogP contribution is 2.34. The van der Waals surface area contributed by atoms with Gasteiger partial charge in [0, 0.05) is 18.1 Å². The lowest BCUT2D eigenvalue weighted by atomic mass is 10.3. The summed E-state index contributed by atoms with van der Waals surface area (Å²) in [6.45, 7) is 2.37. The van der Waals surface area contributed by atoms with Crippen molar-refractivity contribution >= 4 is 64.1 Å². The second-order valence-electron chi connectivity index (χ2n) is 6.72. The molecule has 0 aliphatic carbocycles. The van der Waals surface area contributed by atoms with Gasteiger partial charge in [-0.25, -0.2) is 0 Å². The van der Waals surface area contributed by atoms with Crippen molar-refractivity contribution in [1.82, 2.24) is 14.8 Å². The van der Waals surface area contributed by atoms with Crippen molar-refractivity contribution in [3.63, 3.8) is 0 Å². The minimum absolute atomic E-state index is 0.117. The second kappa shape index (κ2) is 9.51. The molecule has 0 radical (unpaired) electrons. The van der Waals surface area contributed by atoms with Gasteiger partial charge in [-0.2, -0.15) is 0 Å². The lowest BCUT2D eigenvalue weighted by Crippen LogP contribution is -2.23. The monoisotopic (exact) mass is 485 g/mol. The number of nitrogens with one attached hydrogen (secondary N) is 1. The van der Waals surface area contributed by atoms with Gasteiger partial charge in [0.05, 0.1) is 34.3 Å². The molecule has 1 fully saturated rings. The Kier molecular flexibility index (Phi) is 6.77. The minimum Gasteiger partial charge on any atom is -0.467 e. The van der Waals surface area contributed by atoms with Crippen molar-refractivity contribution in [2.24, 2.45) is 0 Å². The van der Waals surface area contributed by atoms with Gasteiger partial charge in [-0.05, 0) is 37.1 Å². The Balaban J connectivity index is 1.48. The lowest BCUT2D eigenvalue weighted by molar-refractivity contribution is -0.113. The van der Waals surface area contributed by atoms with Crippen LogP contribution < -0.4 is 10.2 Å². The molecule has 158 valence electrons. The van der Waals surface area contributed by atoms with Gasteiger partial charge in [-0.1, -0.05) is 46.6 Å². The molecule has 30 heavy (non-hydrogen) atoms. The van der Waals surface area contributed by atoms with Crippen LogP contribution in [0.3, 0.4) is 0 Å². The van der Waals surface area contributed by atoms with Gasteiger partial charge >= 0.3 is 0 Å². The van der Waals surface area contributed by atoms with E-state index in [0.29, 0.717) is 22.4 Å². The molecule has 0 atom stereocenters. The van der Waals surface area contributed by atoms with E-state index in [4.69, 9.17) is 39.2 Å². The van der Waals surface area contributed by atoms with Crippen LogP contribution in [0.15, 0.2) is 40.1 Å².